The largest absolute Gasteiger partial charge is 0.388 e. The summed E-state index contributed by atoms with van der Waals surface area (Å²) in [5.74, 6) is 0. The lowest BCUT2D eigenvalue weighted by molar-refractivity contribution is -0.382. The fourth-order valence-corrected chi connectivity index (χ4v) is 3.87. The van der Waals surface area contributed by atoms with Crippen molar-refractivity contribution in [3.63, 3.8) is 0 Å². The van der Waals surface area contributed by atoms with E-state index in [1.165, 1.54) is 20.8 Å². The summed E-state index contributed by atoms with van der Waals surface area (Å²) in [6, 6.07) is 0. The average molecular weight is 456 g/mol. The first kappa shape index (κ1) is 25.1. The van der Waals surface area contributed by atoms with Crippen molar-refractivity contribution in [2.24, 2.45) is 0 Å². The minimum absolute atomic E-state index is 0.914. The number of rotatable bonds is 4. The number of hydrogen-bond acceptors (Lipinski definition) is 13. The molecule has 3 fully saturated rings. The molecule has 3 heterocycles. The molecule has 3 aliphatic heterocycles. The molecular weight excluding hydrogens is 424 g/mol. The van der Waals surface area contributed by atoms with Gasteiger partial charge in [-0.2, -0.15) is 0 Å². The van der Waals surface area contributed by atoms with Crippen LogP contribution in [-0.2, 0) is 23.7 Å². The van der Waals surface area contributed by atoms with Crippen LogP contribution in [-0.4, -0.2) is 133 Å². The Kier molecular flexibility index (Phi) is 7.91. The van der Waals surface area contributed by atoms with Gasteiger partial charge in [0.25, 0.3) is 0 Å². The molecule has 0 unspecified atom stereocenters. The molecule has 13 nitrogen and oxygen atoms in total. The molecule has 0 aliphatic carbocycles. The minimum Gasteiger partial charge on any atom is -0.388 e. The Morgan fingerprint density at radius 2 is 0.839 bits per heavy atom. The van der Waals surface area contributed by atoms with Crippen LogP contribution < -0.4 is 0 Å². The molecule has 0 aromatic rings. The molecule has 15 atom stereocenters. The van der Waals surface area contributed by atoms with E-state index >= 15 is 0 Å². The molecule has 0 amide bonds. The van der Waals surface area contributed by atoms with Crippen LogP contribution in [0.5, 0.6) is 0 Å². The van der Waals surface area contributed by atoms with E-state index in [1.807, 2.05) is 0 Å². The Bertz CT molecular complexity index is 595. The molecule has 13 heteroatoms. The van der Waals surface area contributed by atoms with Gasteiger partial charge in [0.2, 0.25) is 0 Å². The van der Waals surface area contributed by atoms with Gasteiger partial charge < -0.3 is 64.5 Å². The quantitative estimate of drug-likeness (QED) is 0.201. The summed E-state index contributed by atoms with van der Waals surface area (Å²) in [7, 11) is 0. The zero-order chi connectivity index (χ0) is 23.2. The second kappa shape index (κ2) is 9.77. The molecule has 0 saturated carbocycles. The van der Waals surface area contributed by atoms with Gasteiger partial charge in [-0.15, -0.1) is 0 Å². The summed E-state index contributed by atoms with van der Waals surface area (Å²) >= 11 is 0. The molecule has 0 spiro atoms. The predicted octanol–water partition coefficient (Wildman–Crippen LogP) is -4.49. The summed E-state index contributed by atoms with van der Waals surface area (Å²) in [6.45, 7) is 4.34. The van der Waals surface area contributed by atoms with Gasteiger partial charge in [0.05, 0.1) is 18.3 Å². The van der Waals surface area contributed by atoms with Crippen LogP contribution in [0.2, 0.25) is 0 Å². The highest BCUT2D eigenvalue weighted by Crippen LogP contribution is 2.32. The molecule has 0 bridgehead atoms. The number of ether oxygens (including phenoxy) is 5. The van der Waals surface area contributed by atoms with Crippen LogP contribution >= 0.6 is 0 Å². The maximum absolute atomic E-state index is 10.6. The van der Waals surface area contributed by atoms with E-state index in [1.54, 1.807) is 0 Å². The maximum Gasteiger partial charge on any atom is 0.187 e. The Hall–Kier alpha value is -0.520. The lowest BCUT2D eigenvalue weighted by Gasteiger charge is -2.47. The fourth-order valence-electron chi connectivity index (χ4n) is 3.87. The molecule has 3 aliphatic rings. The van der Waals surface area contributed by atoms with Crippen LogP contribution in [0.1, 0.15) is 20.8 Å². The molecule has 0 aromatic heterocycles. The van der Waals surface area contributed by atoms with E-state index in [4.69, 9.17) is 23.7 Å². The van der Waals surface area contributed by atoms with Gasteiger partial charge >= 0.3 is 0 Å². The summed E-state index contributed by atoms with van der Waals surface area (Å²) < 4.78 is 27.2. The molecule has 0 radical (unpaired) electrons. The van der Waals surface area contributed by atoms with Gasteiger partial charge in [0.15, 0.2) is 18.9 Å². The van der Waals surface area contributed by atoms with Crippen LogP contribution in [0.15, 0.2) is 0 Å². The zero-order valence-electron chi connectivity index (χ0n) is 17.3. The second-order valence-corrected chi connectivity index (χ2v) is 8.29. The van der Waals surface area contributed by atoms with E-state index in [-0.39, 0.29) is 0 Å². The topological polar surface area (TPSA) is 208 Å². The highest BCUT2D eigenvalue weighted by molar-refractivity contribution is 4.94. The Balaban J connectivity index is 1.78. The van der Waals surface area contributed by atoms with Crippen LogP contribution in [0.25, 0.3) is 0 Å². The summed E-state index contributed by atoms with van der Waals surface area (Å²) in [6.07, 6.45) is -21.1. The van der Waals surface area contributed by atoms with Crippen molar-refractivity contribution in [1.29, 1.82) is 0 Å². The van der Waals surface area contributed by atoms with E-state index in [2.05, 4.69) is 0 Å². The van der Waals surface area contributed by atoms with Gasteiger partial charge in [-0.05, 0) is 20.8 Å². The highest BCUT2D eigenvalue weighted by Gasteiger charge is 2.52. The smallest absolute Gasteiger partial charge is 0.187 e. The monoisotopic (exact) mass is 456 g/mol. The number of aliphatic hydroxyl groups is 8. The summed E-state index contributed by atoms with van der Waals surface area (Å²) in [4.78, 5) is 0. The lowest BCUT2D eigenvalue weighted by Crippen LogP contribution is -2.65. The summed E-state index contributed by atoms with van der Waals surface area (Å²) in [5, 5.41) is 81.0. The first-order chi connectivity index (χ1) is 14.4. The van der Waals surface area contributed by atoms with Gasteiger partial charge in [0.1, 0.15) is 54.9 Å². The highest BCUT2D eigenvalue weighted by atomic mass is 16.8. The van der Waals surface area contributed by atoms with Crippen LogP contribution in [0.3, 0.4) is 0 Å². The van der Waals surface area contributed by atoms with Crippen molar-refractivity contribution in [2.45, 2.75) is 113 Å². The second-order valence-electron chi connectivity index (χ2n) is 8.29. The molecule has 3 rings (SSSR count). The van der Waals surface area contributed by atoms with E-state index in [0.29, 0.717) is 0 Å². The van der Waals surface area contributed by atoms with Crippen molar-refractivity contribution in [3.05, 3.63) is 0 Å². The first-order valence-electron chi connectivity index (χ1n) is 10.2. The summed E-state index contributed by atoms with van der Waals surface area (Å²) in [5.41, 5.74) is 0. The van der Waals surface area contributed by atoms with E-state index in [9.17, 15) is 40.9 Å². The molecular formula is C18H32O13. The lowest BCUT2D eigenvalue weighted by atomic mass is 9.97. The zero-order valence-corrected chi connectivity index (χ0v) is 17.3. The Morgan fingerprint density at radius 1 is 0.452 bits per heavy atom. The number of aliphatic hydroxyl groups excluding tert-OH is 8. The van der Waals surface area contributed by atoms with Crippen molar-refractivity contribution in [2.75, 3.05) is 0 Å². The van der Waals surface area contributed by atoms with Gasteiger partial charge in [-0.25, -0.2) is 0 Å². The fraction of sp³-hybridized carbons (Fsp3) is 1.00. The molecule has 31 heavy (non-hydrogen) atoms. The van der Waals surface area contributed by atoms with E-state index in [0.717, 1.165) is 0 Å². The third kappa shape index (κ3) is 4.89. The third-order valence-corrected chi connectivity index (χ3v) is 5.98. The van der Waals surface area contributed by atoms with Crippen molar-refractivity contribution < 1.29 is 64.5 Å². The molecule has 8 N–H and O–H groups in total. The normalized spacial score (nSPS) is 56.4. The minimum atomic E-state index is -1.69. The SMILES string of the molecule is C[C@@H]1O[C@@H](O[C@@H]2[C@H](O[C@H]3O[C@@H](C)[C@@H](O)[C@@H](O)[C@@H]3O)[C@@H](O)[C@H](C)O[C@H]2O)[C@H](O)[C@H](O)[C@H]1O. The first-order valence-corrected chi connectivity index (χ1v) is 10.2. The molecule has 182 valence electrons. The van der Waals surface area contributed by atoms with Crippen LogP contribution in [0, 0.1) is 0 Å². The average Bonchev–Trinajstić information content (AvgIpc) is 2.72. The van der Waals surface area contributed by atoms with E-state index < -0.39 is 92.1 Å². The Morgan fingerprint density at radius 3 is 1.29 bits per heavy atom. The van der Waals surface area contributed by atoms with Gasteiger partial charge in [-0.3, -0.25) is 0 Å². The van der Waals surface area contributed by atoms with Gasteiger partial charge in [0, 0.05) is 0 Å². The maximum atomic E-state index is 10.6. The van der Waals surface area contributed by atoms with Crippen molar-refractivity contribution >= 4 is 0 Å². The molecule has 3 saturated heterocycles. The van der Waals surface area contributed by atoms with Gasteiger partial charge in [-0.1, -0.05) is 0 Å². The van der Waals surface area contributed by atoms with Crippen molar-refractivity contribution in [1.82, 2.24) is 0 Å². The molecule has 0 aromatic carbocycles. The third-order valence-electron chi connectivity index (χ3n) is 5.98. The standard InChI is InChI=1S/C18H32O13/c1-4-7(19)10(22)12(24)17(28-4)30-14-9(21)6(3)27-16(26)15(14)31-18-13(25)11(23)8(20)5(2)29-18/h4-26H,1-3H3/t4-,5-,6-,7+,8-,9-,10+,11+,12-,13+,14+,15+,16+,17+,18-/m0/s1. The number of hydrogen-bond donors (Lipinski definition) is 8. The van der Waals surface area contributed by atoms with Crippen LogP contribution in [0.4, 0.5) is 0 Å². The predicted molar refractivity (Wildman–Crippen MR) is 97.0 cm³/mol. The van der Waals surface area contributed by atoms with Crippen molar-refractivity contribution in [3.8, 4) is 0 Å². The Labute approximate surface area is 178 Å².